The second-order valence-electron chi connectivity index (χ2n) is 4.23. The number of amides is 1. The van der Waals surface area contributed by atoms with Crippen LogP contribution in [-0.2, 0) is 6.54 Å². The minimum atomic E-state index is -0.471. The molecule has 0 bridgehead atoms. The number of hydrogen-bond donors (Lipinski definition) is 1. The van der Waals surface area contributed by atoms with Crippen molar-refractivity contribution < 1.29 is 13.6 Å². The van der Waals surface area contributed by atoms with Crippen molar-refractivity contribution in [2.24, 2.45) is 0 Å². The van der Waals surface area contributed by atoms with Crippen molar-refractivity contribution in [1.29, 1.82) is 0 Å². The van der Waals surface area contributed by atoms with Crippen LogP contribution < -0.4 is 5.32 Å². The third kappa shape index (κ3) is 3.16. The number of carbonyl (C=O) groups is 1. The summed E-state index contributed by atoms with van der Waals surface area (Å²) in [6.45, 7) is 1.79. The van der Waals surface area contributed by atoms with Gasteiger partial charge in [0.2, 0.25) is 0 Å². The third-order valence-electron chi connectivity index (χ3n) is 2.84. The first kappa shape index (κ1) is 13.2. The van der Waals surface area contributed by atoms with Gasteiger partial charge in [-0.1, -0.05) is 24.3 Å². The van der Waals surface area contributed by atoms with Crippen molar-refractivity contribution in [3.63, 3.8) is 0 Å². The molecule has 0 aliphatic heterocycles. The molecule has 2 nitrogen and oxygen atoms in total. The van der Waals surface area contributed by atoms with Crippen LogP contribution in [0.5, 0.6) is 0 Å². The Bertz CT molecular complexity index is 611. The van der Waals surface area contributed by atoms with E-state index < -0.39 is 11.7 Å². The molecule has 0 aliphatic rings. The number of hydrogen-bond acceptors (Lipinski definition) is 1. The van der Waals surface area contributed by atoms with Crippen molar-refractivity contribution in [2.75, 3.05) is 0 Å². The van der Waals surface area contributed by atoms with Gasteiger partial charge in [-0.3, -0.25) is 4.79 Å². The highest BCUT2D eigenvalue weighted by atomic mass is 19.1. The largest absolute Gasteiger partial charge is 0.348 e. The Morgan fingerprint density at radius 2 is 1.89 bits per heavy atom. The second kappa shape index (κ2) is 5.61. The van der Waals surface area contributed by atoms with E-state index in [2.05, 4.69) is 5.32 Å². The van der Waals surface area contributed by atoms with Crippen LogP contribution in [0.4, 0.5) is 8.78 Å². The molecular weight excluding hydrogens is 248 g/mol. The van der Waals surface area contributed by atoms with E-state index in [9.17, 15) is 13.6 Å². The van der Waals surface area contributed by atoms with Gasteiger partial charge in [0.15, 0.2) is 0 Å². The number of carbonyl (C=O) groups excluding carboxylic acids is 1. The summed E-state index contributed by atoms with van der Waals surface area (Å²) in [5.74, 6) is -1.26. The Hall–Kier alpha value is -2.23. The van der Waals surface area contributed by atoms with Gasteiger partial charge in [0.05, 0.1) is 0 Å². The lowest BCUT2D eigenvalue weighted by Crippen LogP contribution is -2.24. The number of nitrogens with one attached hydrogen (secondary N) is 1. The van der Waals surface area contributed by atoms with Gasteiger partial charge in [0.1, 0.15) is 11.6 Å². The number of aryl methyl sites for hydroxylation is 1. The van der Waals surface area contributed by atoms with Gasteiger partial charge in [-0.25, -0.2) is 8.78 Å². The van der Waals surface area contributed by atoms with E-state index in [0.29, 0.717) is 11.1 Å². The molecule has 0 spiro atoms. The molecule has 2 aromatic carbocycles. The fourth-order valence-corrected chi connectivity index (χ4v) is 1.75. The van der Waals surface area contributed by atoms with E-state index in [1.807, 2.05) is 0 Å². The Balaban J connectivity index is 2.10. The van der Waals surface area contributed by atoms with E-state index in [0.717, 1.165) is 0 Å². The summed E-state index contributed by atoms with van der Waals surface area (Å²) in [6.07, 6.45) is 0. The van der Waals surface area contributed by atoms with Crippen molar-refractivity contribution in [1.82, 2.24) is 5.32 Å². The molecular formula is C15H13F2NO. The van der Waals surface area contributed by atoms with Crippen LogP contribution in [0.25, 0.3) is 0 Å². The zero-order chi connectivity index (χ0) is 13.8. The molecule has 1 N–H and O–H groups in total. The average Bonchev–Trinajstić information content (AvgIpc) is 2.40. The van der Waals surface area contributed by atoms with Gasteiger partial charge in [-0.15, -0.1) is 0 Å². The van der Waals surface area contributed by atoms with Crippen molar-refractivity contribution in [3.05, 3.63) is 70.8 Å². The van der Waals surface area contributed by atoms with Gasteiger partial charge in [0, 0.05) is 17.7 Å². The zero-order valence-electron chi connectivity index (χ0n) is 10.4. The van der Waals surface area contributed by atoms with Crippen LogP contribution >= 0.6 is 0 Å². The van der Waals surface area contributed by atoms with Crippen LogP contribution in [-0.4, -0.2) is 5.91 Å². The Kier molecular flexibility index (Phi) is 3.90. The Morgan fingerprint density at radius 1 is 1.16 bits per heavy atom. The summed E-state index contributed by atoms with van der Waals surface area (Å²) in [5.41, 5.74) is 1.33. The zero-order valence-corrected chi connectivity index (χ0v) is 10.4. The Labute approximate surface area is 110 Å². The molecule has 0 fully saturated rings. The van der Waals surface area contributed by atoms with Crippen LogP contribution in [0.3, 0.4) is 0 Å². The molecule has 0 atom stereocenters. The molecule has 2 aromatic rings. The third-order valence-corrected chi connectivity index (χ3v) is 2.84. The first-order chi connectivity index (χ1) is 9.08. The standard InChI is InChI=1S/C15H13F2NO/c1-10-6-7-12(16)8-13(10)15(19)18-9-11-4-2-3-5-14(11)17/h2-8H,9H2,1H3,(H,18,19). The second-order valence-corrected chi connectivity index (χ2v) is 4.23. The smallest absolute Gasteiger partial charge is 0.251 e. The molecule has 0 heterocycles. The lowest BCUT2D eigenvalue weighted by molar-refractivity contribution is 0.0949. The van der Waals surface area contributed by atoms with E-state index in [4.69, 9.17) is 0 Å². The maximum absolute atomic E-state index is 13.4. The SMILES string of the molecule is Cc1ccc(F)cc1C(=O)NCc1ccccc1F. The summed E-state index contributed by atoms with van der Waals surface area (Å²) in [7, 11) is 0. The highest BCUT2D eigenvalue weighted by Crippen LogP contribution is 2.11. The fourth-order valence-electron chi connectivity index (χ4n) is 1.75. The predicted molar refractivity (Wildman–Crippen MR) is 68.7 cm³/mol. The summed E-state index contributed by atoms with van der Waals surface area (Å²) >= 11 is 0. The molecule has 0 saturated heterocycles. The molecule has 0 aromatic heterocycles. The van der Waals surface area contributed by atoms with Crippen LogP contribution in [0.15, 0.2) is 42.5 Å². The fraction of sp³-hybridized carbons (Fsp3) is 0.133. The Morgan fingerprint density at radius 3 is 2.63 bits per heavy atom. The summed E-state index contributed by atoms with van der Waals surface area (Å²) in [6, 6.07) is 10.2. The first-order valence-electron chi connectivity index (χ1n) is 5.85. The van der Waals surface area contributed by atoms with Crippen LogP contribution in [0.1, 0.15) is 21.5 Å². The van der Waals surface area contributed by atoms with E-state index in [1.165, 1.54) is 24.3 Å². The average molecular weight is 261 g/mol. The monoisotopic (exact) mass is 261 g/mol. The maximum atomic E-state index is 13.4. The number of rotatable bonds is 3. The van der Waals surface area contributed by atoms with Crippen molar-refractivity contribution in [2.45, 2.75) is 13.5 Å². The van der Waals surface area contributed by atoms with Gasteiger partial charge >= 0.3 is 0 Å². The van der Waals surface area contributed by atoms with Gasteiger partial charge in [-0.2, -0.15) is 0 Å². The minimum Gasteiger partial charge on any atom is -0.348 e. The molecule has 1 amide bonds. The minimum absolute atomic E-state index is 0.0709. The van der Waals surface area contributed by atoms with Gasteiger partial charge in [-0.05, 0) is 30.7 Å². The molecule has 19 heavy (non-hydrogen) atoms. The van der Waals surface area contributed by atoms with Gasteiger partial charge < -0.3 is 5.32 Å². The summed E-state index contributed by atoms with van der Waals surface area (Å²) < 4.78 is 26.5. The van der Waals surface area contributed by atoms with Gasteiger partial charge in [0.25, 0.3) is 5.91 Å². The first-order valence-corrected chi connectivity index (χ1v) is 5.85. The molecule has 0 unspecified atom stereocenters. The molecule has 4 heteroatoms. The number of halogens is 2. The molecule has 98 valence electrons. The maximum Gasteiger partial charge on any atom is 0.251 e. The molecule has 2 rings (SSSR count). The van der Waals surface area contributed by atoms with E-state index in [-0.39, 0.29) is 17.9 Å². The lowest BCUT2D eigenvalue weighted by atomic mass is 10.1. The number of benzene rings is 2. The highest BCUT2D eigenvalue weighted by Gasteiger charge is 2.10. The van der Waals surface area contributed by atoms with Crippen molar-refractivity contribution in [3.8, 4) is 0 Å². The molecule has 0 aliphatic carbocycles. The predicted octanol–water partition coefficient (Wildman–Crippen LogP) is 3.20. The highest BCUT2D eigenvalue weighted by molar-refractivity contribution is 5.95. The van der Waals surface area contributed by atoms with E-state index >= 15 is 0 Å². The van der Waals surface area contributed by atoms with Crippen molar-refractivity contribution >= 4 is 5.91 Å². The molecule has 0 radical (unpaired) electrons. The topological polar surface area (TPSA) is 29.1 Å². The van der Waals surface area contributed by atoms with Crippen LogP contribution in [0, 0.1) is 18.6 Å². The van der Waals surface area contributed by atoms with Crippen LogP contribution in [0.2, 0.25) is 0 Å². The van der Waals surface area contributed by atoms with E-state index in [1.54, 1.807) is 25.1 Å². The summed E-state index contributed by atoms with van der Waals surface area (Å²) in [5, 5.41) is 2.58. The quantitative estimate of drug-likeness (QED) is 0.903. The lowest BCUT2D eigenvalue weighted by Gasteiger charge is -2.08. The normalized spacial score (nSPS) is 10.3. The summed E-state index contributed by atoms with van der Waals surface area (Å²) in [4.78, 5) is 11.9. The molecule has 0 saturated carbocycles.